The lowest BCUT2D eigenvalue weighted by Gasteiger charge is -2.09. The van der Waals surface area contributed by atoms with Crippen molar-refractivity contribution in [3.05, 3.63) is 106 Å². The highest BCUT2D eigenvalue weighted by molar-refractivity contribution is 6.04. The minimum Gasteiger partial charge on any atom is -0.354 e. The Morgan fingerprint density at radius 1 is 1.08 bits per heavy atom. The van der Waals surface area contributed by atoms with Crippen molar-refractivity contribution in [2.45, 2.75) is 25.7 Å². The van der Waals surface area contributed by atoms with Crippen molar-refractivity contribution in [2.75, 3.05) is 5.32 Å². The number of carbonyl (C=O) groups is 1. The van der Waals surface area contributed by atoms with Gasteiger partial charge >= 0.3 is 0 Å². The summed E-state index contributed by atoms with van der Waals surface area (Å²) in [5, 5.41) is 3.52. The van der Waals surface area contributed by atoms with Gasteiger partial charge in [-0.25, -0.2) is 9.37 Å². The zero-order chi connectivity index (χ0) is 26.2. The Kier molecular flexibility index (Phi) is 6.12. The molecule has 1 fully saturated rings. The predicted molar refractivity (Wildman–Crippen MR) is 147 cm³/mol. The Balaban J connectivity index is 1.43. The number of fused-ring (bicyclic) bond motifs is 1. The molecule has 0 spiro atoms. The molecule has 3 heterocycles. The molecule has 1 aliphatic rings. The molecule has 2 aromatic carbocycles. The Bertz CT molecular complexity index is 1700. The Morgan fingerprint density at radius 2 is 1.84 bits per heavy atom. The van der Waals surface area contributed by atoms with Crippen LogP contribution in [-0.4, -0.2) is 20.4 Å². The van der Waals surface area contributed by atoms with Crippen LogP contribution in [0.3, 0.4) is 0 Å². The molecule has 190 valence electrons. The molecule has 0 bridgehead atoms. The molecule has 1 saturated carbocycles. The van der Waals surface area contributed by atoms with Crippen LogP contribution in [0.15, 0.2) is 83.9 Å². The van der Waals surface area contributed by atoms with Crippen molar-refractivity contribution in [1.29, 1.82) is 0 Å². The summed E-state index contributed by atoms with van der Waals surface area (Å²) < 4.78 is 14.9. The van der Waals surface area contributed by atoms with Crippen LogP contribution in [0.4, 0.5) is 10.2 Å². The summed E-state index contributed by atoms with van der Waals surface area (Å²) in [7, 11) is 1.81. The Labute approximate surface area is 219 Å². The van der Waals surface area contributed by atoms with E-state index in [1.807, 2.05) is 48.7 Å². The molecule has 0 atom stereocenters. The number of nitrogens with zero attached hydrogens (tertiary/aromatic N) is 2. The molecule has 0 unspecified atom stereocenters. The topological polar surface area (TPSA) is 79.8 Å². The molecule has 2 N–H and O–H groups in total. The number of anilines is 1. The van der Waals surface area contributed by atoms with E-state index in [1.54, 1.807) is 29.9 Å². The van der Waals surface area contributed by atoms with Gasteiger partial charge in [-0.05, 0) is 66.1 Å². The van der Waals surface area contributed by atoms with Gasteiger partial charge in [0.15, 0.2) is 0 Å². The van der Waals surface area contributed by atoms with Gasteiger partial charge in [0.05, 0.1) is 23.0 Å². The number of hydrogen-bond acceptors (Lipinski definition) is 3. The number of carbonyl (C=O) groups excluding carboxylic acids is 1. The van der Waals surface area contributed by atoms with Crippen LogP contribution >= 0.6 is 0 Å². The molecule has 1 aliphatic carbocycles. The normalized spacial score (nSPS) is 13.1. The number of pyridine rings is 2. The summed E-state index contributed by atoms with van der Waals surface area (Å²) in [4.78, 5) is 34.1. The number of halogens is 1. The maximum Gasteiger partial charge on any atom is 0.260 e. The van der Waals surface area contributed by atoms with E-state index in [0.717, 1.165) is 39.9 Å². The first-order valence-electron chi connectivity index (χ1n) is 12.8. The van der Waals surface area contributed by atoms with Crippen LogP contribution in [-0.2, 0) is 24.7 Å². The number of nitrogens with one attached hydrogen (secondary N) is 2. The van der Waals surface area contributed by atoms with Crippen LogP contribution in [0, 0.1) is 11.7 Å². The molecule has 7 heteroatoms. The zero-order valence-corrected chi connectivity index (χ0v) is 21.0. The SMILES string of the molecule is Cn1cc(CC2CC2)c2[nH]c(-c3ccnc(NC(=O)Cc4ccc(F)cc4)c3)c(-c3ccccc3)c2c1=O. The van der Waals surface area contributed by atoms with Crippen molar-refractivity contribution in [2.24, 2.45) is 13.0 Å². The molecule has 38 heavy (non-hydrogen) atoms. The van der Waals surface area contributed by atoms with Gasteiger partial charge in [0, 0.05) is 30.6 Å². The van der Waals surface area contributed by atoms with Crippen LogP contribution < -0.4 is 10.9 Å². The van der Waals surface area contributed by atoms with Crippen molar-refractivity contribution in [3.63, 3.8) is 0 Å². The lowest BCUT2D eigenvalue weighted by atomic mass is 9.98. The molecule has 3 aromatic heterocycles. The molecule has 0 aliphatic heterocycles. The van der Waals surface area contributed by atoms with Gasteiger partial charge in [-0.15, -0.1) is 0 Å². The van der Waals surface area contributed by atoms with Gasteiger partial charge in [-0.3, -0.25) is 9.59 Å². The standard InChI is InChI=1S/C31H27FN4O2/c1-36-18-23(15-19-7-8-19)30-28(31(36)38)27(21-5-3-2-4-6-21)29(35-30)22-13-14-33-25(17-22)34-26(37)16-20-9-11-24(32)12-10-20/h2-6,9-14,17-19,35H,7-8,15-16H2,1H3,(H,33,34,37). The molecule has 0 saturated heterocycles. The van der Waals surface area contributed by atoms with Crippen LogP contribution in [0.5, 0.6) is 0 Å². The summed E-state index contributed by atoms with van der Waals surface area (Å²) in [6.45, 7) is 0. The fourth-order valence-electron chi connectivity index (χ4n) is 5.01. The van der Waals surface area contributed by atoms with Crippen LogP contribution in [0.25, 0.3) is 33.3 Å². The van der Waals surface area contributed by atoms with E-state index in [-0.39, 0.29) is 23.7 Å². The largest absolute Gasteiger partial charge is 0.354 e. The van der Waals surface area contributed by atoms with E-state index in [9.17, 15) is 14.0 Å². The number of hydrogen-bond donors (Lipinski definition) is 2. The first-order valence-corrected chi connectivity index (χ1v) is 12.8. The maximum absolute atomic E-state index is 13.5. The second-order valence-corrected chi connectivity index (χ2v) is 9.99. The highest BCUT2D eigenvalue weighted by atomic mass is 19.1. The van der Waals surface area contributed by atoms with Gasteiger partial charge in [0.1, 0.15) is 11.6 Å². The number of amides is 1. The highest BCUT2D eigenvalue weighted by Gasteiger charge is 2.26. The van der Waals surface area contributed by atoms with E-state index in [4.69, 9.17) is 0 Å². The van der Waals surface area contributed by atoms with Gasteiger partial charge in [0.25, 0.3) is 5.56 Å². The van der Waals surface area contributed by atoms with Crippen molar-refractivity contribution >= 4 is 22.6 Å². The minimum atomic E-state index is -0.341. The smallest absolute Gasteiger partial charge is 0.260 e. The summed E-state index contributed by atoms with van der Waals surface area (Å²) in [5.74, 6) is 0.470. The molecule has 0 radical (unpaired) electrons. The third-order valence-corrected chi connectivity index (χ3v) is 7.07. The number of aromatic nitrogens is 3. The van der Waals surface area contributed by atoms with Crippen molar-refractivity contribution in [3.8, 4) is 22.4 Å². The summed E-state index contributed by atoms with van der Waals surface area (Å²) in [6, 6.07) is 19.4. The molecule has 6 nitrogen and oxygen atoms in total. The van der Waals surface area contributed by atoms with Crippen molar-refractivity contribution < 1.29 is 9.18 Å². The molecule has 6 rings (SSSR count). The number of H-pyrrole nitrogens is 1. The fourth-order valence-corrected chi connectivity index (χ4v) is 5.01. The number of aryl methyl sites for hydroxylation is 1. The number of benzene rings is 2. The summed E-state index contributed by atoms with van der Waals surface area (Å²) in [6.07, 6.45) is 7.07. The van der Waals surface area contributed by atoms with Crippen LogP contribution in [0.1, 0.15) is 24.0 Å². The van der Waals surface area contributed by atoms with Gasteiger partial charge in [0.2, 0.25) is 5.91 Å². The lowest BCUT2D eigenvalue weighted by molar-refractivity contribution is -0.115. The molecule has 1 amide bonds. The highest BCUT2D eigenvalue weighted by Crippen LogP contribution is 2.40. The molecular formula is C31H27FN4O2. The summed E-state index contributed by atoms with van der Waals surface area (Å²) in [5.41, 5.74) is 6.06. The van der Waals surface area contributed by atoms with E-state index < -0.39 is 0 Å². The van der Waals surface area contributed by atoms with E-state index in [0.29, 0.717) is 22.7 Å². The first-order chi connectivity index (χ1) is 18.5. The maximum atomic E-state index is 13.5. The second-order valence-electron chi connectivity index (χ2n) is 9.99. The molecular weight excluding hydrogens is 479 g/mol. The lowest BCUT2D eigenvalue weighted by Crippen LogP contribution is -2.17. The Morgan fingerprint density at radius 3 is 2.58 bits per heavy atom. The predicted octanol–water partition coefficient (Wildman–Crippen LogP) is 5.87. The van der Waals surface area contributed by atoms with Gasteiger partial charge < -0.3 is 14.9 Å². The van der Waals surface area contributed by atoms with Crippen molar-refractivity contribution in [1.82, 2.24) is 14.5 Å². The monoisotopic (exact) mass is 506 g/mol. The van der Waals surface area contributed by atoms with E-state index in [2.05, 4.69) is 15.3 Å². The average Bonchev–Trinajstić information content (AvgIpc) is 3.64. The Hall–Kier alpha value is -4.52. The number of aromatic amines is 1. The van der Waals surface area contributed by atoms with Gasteiger partial charge in [-0.2, -0.15) is 0 Å². The minimum absolute atomic E-state index is 0.0530. The summed E-state index contributed by atoms with van der Waals surface area (Å²) >= 11 is 0. The van der Waals surface area contributed by atoms with E-state index in [1.165, 1.54) is 25.0 Å². The second kappa shape index (κ2) is 9.74. The van der Waals surface area contributed by atoms with Gasteiger partial charge in [-0.1, -0.05) is 42.5 Å². The van der Waals surface area contributed by atoms with Crippen LogP contribution in [0.2, 0.25) is 0 Å². The third kappa shape index (κ3) is 4.75. The molecule has 5 aromatic rings. The van der Waals surface area contributed by atoms with E-state index >= 15 is 0 Å². The first kappa shape index (κ1) is 23.9. The third-order valence-electron chi connectivity index (χ3n) is 7.07. The average molecular weight is 507 g/mol. The number of rotatable bonds is 7. The zero-order valence-electron chi connectivity index (χ0n) is 21.0. The fraction of sp³-hybridized carbons (Fsp3) is 0.194. The quantitative estimate of drug-likeness (QED) is 0.290.